The molecular weight excluding hydrogens is 294 g/mol. The van der Waals surface area contributed by atoms with Gasteiger partial charge in [-0.1, -0.05) is 48.5 Å². The molecule has 0 amide bonds. The maximum absolute atomic E-state index is 14.5. The van der Waals surface area contributed by atoms with Crippen LogP contribution in [-0.2, 0) is 0 Å². The van der Waals surface area contributed by atoms with Crippen molar-refractivity contribution in [3.63, 3.8) is 0 Å². The van der Waals surface area contributed by atoms with Gasteiger partial charge in [0.1, 0.15) is 5.75 Å². The maximum Gasteiger partial charge on any atom is 0.167 e. The van der Waals surface area contributed by atoms with Crippen LogP contribution in [0.25, 0.3) is 22.3 Å². The Balaban J connectivity index is 2.15. The van der Waals surface area contributed by atoms with Crippen LogP contribution in [-0.4, -0.2) is 6.61 Å². The van der Waals surface area contributed by atoms with Crippen molar-refractivity contribution < 1.29 is 13.5 Å². The summed E-state index contributed by atoms with van der Waals surface area (Å²) in [4.78, 5) is 0. The molecule has 0 heterocycles. The standard InChI is InChI=1S/C20H16F2O/c1-2-23-16-10-8-15(9-11-16)19-17(12-13-18(21)20(19)22)14-6-4-3-5-7-14/h3-13H,2H2,1H3. The van der Waals surface area contributed by atoms with Gasteiger partial charge in [0.25, 0.3) is 0 Å². The molecule has 0 bridgehead atoms. The highest BCUT2D eigenvalue weighted by Crippen LogP contribution is 2.36. The predicted molar refractivity (Wildman–Crippen MR) is 88.4 cm³/mol. The summed E-state index contributed by atoms with van der Waals surface area (Å²) in [6.45, 7) is 2.45. The number of hydrogen-bond donors (Lipinski definition) is 0. The largest absolute Gasteiger partial charge is 0.494 e. The van der Waals surface area contributed by atoms with Crippen molar-refractivity contribution in [2.45, 2.75) is 6.92 Å². The topological polar surface area (TPSA) is 9.23 Å². The van der Waals surface area contributed by atoms with Crippen molar-refractivity contribution in [2.24, 2.45) is 0 Å². The van der Waals surface area contributed by atoms with E-state index in [0.29, 0.717) is 23.5 Å². The first kappa shape index (κ1) is 15.2. The molecule has 0 aromatic heterocycles. The maximum atomic E-state index is 14.5. The van der Waals surface area contributed by atoms with Gasteiger partial charge in [-0.15, -0.1) is 0 Å². The predicted octanol–water partition coefficient (Wildman–Crippen LogP) is 5.70. The van der Waals surface area contributed by atoms with E-state index >= 15 is 0 Å². The summed E-state index contributed by atoms with van der Waals surface area (Å²) >= 11 is 0. The molecular formula is C20H16F2O. The third-order valence-corrected chi connectivity index (χ3v) is 3.63. The summed E-state index contributed by atoms with van der Waals surface area (Å²) in [5.74, 6) is -0.988. The van der Waals surface area contributed by atoms with Gasteiger partial charge >= 0.3 is 0 Å². The van der Waals surface area contributed by atoms with Gasteiger partial charge in [0.05, 0.1) is 6.61 Å². The number of hydrogen-bond acceptors (Lipinski definition) is 1. The smallest absolute Gasteiger partial charge is 0.167 e. The zero-order chi connectivity index (χ0) is 16.2. The lowest BCUT2D eigenvalue weighted by atomic mass is 9.94. The zero-order valence-corrected chi connectivity index (χ0v) is 12.7. The molecule has 1 nitrogen and oxygen atoms in total. The number of ether oxygens (including phenoxy) is 1. The summed E-state index contributed by atoms with van der Waals surface area (Å²) in [6, 6.07) is 19.2. The lowest BCUT2D eigenvalue weighted by Gasteiger charge is -2.13. The second-order valence-corrected chi connectivity index (χ2v) is 5.11. The van der Waals surface area contributed by atoms with Crippen LogP contribution in [0.5, 0.6) is 5.75 Å². The molecule has 0 saturated carbocycles. The molecule has 0 radical (unpaired) electrons. The lowest BCUT2D eigenvalue weighted by Crippen LogP contribution is -1.95. The summed E-state index contributed by atoms with van der Waals surface area (Å²) in [6.07, 6.45) is 0. The molecule has 0 N–H and O–H groups in total. The fourth-order valence-electron chi connectivity index (χ4n) is 2.58. The van der Waals surface area contributed by atoms with Crippen LogP contribution in [0.2, 0.25) is 0 Å². The number of benzene rings is 3. The average molecular weight is 310 g/mol. The number of rotatable bonds is 4. The number of halogens is 2. The molecule has 116 valence electrons. The van der Waals surface area contributed by atoms with Crippen LogP contribution in [0.4, 0.5) is 8.78 Å². The molecule has 0 aliphatic rings. The van der Waals surface area contributed by atoms with E-state index in [2.05, 4.69) is 0 Å². The third kappa shape index (κ3) is 3.09. The SMILES string of the molecule is CCOc1ccc(-c2c(-c3ccccc3)ccc(F)c2F)cc1. The molecule has 3 rings (SSSR count). The van der Waals surface area contributed by atoms with E-state index in [-0.39, 0.29) is 5.56 Å². The van der Waals surface area contributed by atoms with Gasteiger partial charge in [-0.25, -0.2) is 8.78 Å². The van der Waals surface area contributed by atoms with Gasteiger partial charge in [0, 0.05) is 5.56 Å². The van der Waals surface area contributed by atoms with E-state index in [1.165, 1.54) is 0 Å². The van der Waals surface area contributed by atoms with Gasteiger partial charge in [0.2, 0.25) is 0 Å². The fourth-order valence-corrected chi connectivity index (χ4v) is 2.58. The van der Waals surface area contributed by atoms with Crippen molar-refractivity contribution in [2.75, 3.05) is 6.61 Å². The van der Waals surface area contributed by atoms with Gasteiger partial charge < -0.3 is 4.74 Å². The molecule has 0 fully saturated rings. The highest BCUT2D eigenvalue weighted by molar-refractivity contribution is 5.84. The summed E-state index contributed by atoms with van der Waals surface area (Å²) < 4.78 is 33.6. The van der Waals surface area contributed by atoms with E-state index in [1.807, 2.05) is 37.3 Å². The quantitative estimate of drug-likeness (QED) is 0.601. The van der Waals surface area contributed by atoms with Crippen LogP contribution in [0.1, 0.15) is 6.92 Å². The monoisotopic (exact) mass is 310 g/mol. The second-order valence-electron chi connectivity index (χ2n) is 5.11. The van der Waals surface area contributed by atoms with Crippen molar-refractivity contribution in [1.29, 1.82) is 0 Å². The Morgan fingerprint density at radius 2 is 1.48 bits per heavy atom. The van der Waals surface area contributed by atoms with Gasteiger partial charge in [-0.05, 0) is 41.8 Å². The van der Waals surface area contributed by atoms with Crippen LogP contribution in [0.3, 0.4) is 0 Å². The van der Waals surface area contributed by atoms with Gasteiger partial charge in [-0.3, -0.25) is 0 Å². The first-order chi connectivity index (χ1) is 11.2. The molecule has 0 atom stereocenters. The highest BCUT2D eigenvalue weighted by Gasteiger charge is 2.16. The Kier molecular flexibility index (Phi) is 4.38. The van der Waals surface area contributed by atoms with E-state index < -0.39 is 11.6 Å². The van der Waals surface area contributed by atoms with Crippen LogP contribution >= 0.6 is 0 Å². The first-order valence-corrected chi connectivity index (χ1v) is 7.47. The Morgan fingerprint density at radius 3 is 2.13 bits per heavy atom. The molecule has 0 aliphatic heterocycles. The van der Waals surface area contributed by atoms with Crippen LogP contribution < -0.4 is 4.74 Å². The van der Waals surface area contributed by atoms with Gasteiger partial charge in [0.15, 0.2) is 11.6 Å². The Labute approximate surface area is 134 Å². The molecule has 0 unspecified atom stereocenters. The fraction of sp³-hybridized carbons (Fsp3) is 0.100. The van der Waals surface area contributed by atoms with E-state index in [0.717, 1.165) is 11.6 Å². The van der Waals surface area contributed by atoms with E-state index in [4.69, 9.17) is 4.74 Å². The average Bonchev–Trinajstić information content (AvgIpc) is 2.59. The van der Waals surface area contributed by atoms with Crippen LogP contribution in [0, 0.1) is 11.6 Å². The van der Waals surface area contributed by atoms with E-state index in [9.17, 15) is 8.78 Å². The molecule has 0 spiro atoms. The van der Waals surface area contributed by atoms with Gasteiger partial charge in [-0.2, -0.15) is 0 Å². The molecule has 3 aromatic carbocycles. The minimum Gasteiger partial charge on any atom is -0.494 e. The summed E-state index contributed by atoms with van der Waals surface area (Å²) in [7, 11) is 0. The van der Waals surface area contributed by atoms with Crippen LogP contribution in [0.15, 0.2) is 66.7 Å². The normalized spacial score (nSPS) is 10.6. The summed E-state index contributed by atoms with van der Waals surface area (Å²) in [5, 5.41) is 0. The van der Waals surface area contributed by atoms with Crippen molar-refractivity contribution in [3.05, 3.63) is 78.4 Å². The first-order valence-electron chi connectivity index (χ1n) is 7.47. The Bertz CT molecular complexity index is 796. The van der Waals surface area contributed by atoms with Crippen molar-refractivity contribution >= 4 is 0 Å². The molecule has 0 aliphatic carbocycles. The van der Waals surface area contributed by atoms with Crippen molar-refractivity contribution in [1.82, 2.24) is 0 Å². The summed E-state index contributed by atoms with van der Waals surface area (Å²) in [5.41, 5.74) is 2.38. The lowest BCUT2D eigenvalue weighted by molar-refractivity contribution is 0.340. The zero-order valence-electron chi connectivity index (χ0n) is 12.7. The molecule has 0 saturated heterocycles. The van der Waals surface area contributed by atoms with E-state index in [1.54, 1.807) is 30.3 Å². The Hall–Kier alpha value is -2.68. The third-order valence-electron chi connectivity index (χ3n) is 3.63. The molecule has 3 heteroatoms. The van der Waals surface area contributed by atoms with Crippen molar-refractivity contribution in [3.8, 4) is 28.0 Å². The second kappa shape index (κ2) is 6.61. The molecule has 3 aromatic rings. The Morgan fingerprint density at radius 1 is 0.783 bits per heavy atom. The minimum absolute atomic E-state index is 0.263. The highest BCUT2D eigenvalue weighted by atomic mass is 19.2. The molecule has 23 heavy (non-hydrogen) atoms. The minimum atomic E-state index is -0.853.